The molecule has 2 radical (unpaired) electrons. The number of rotatable bonds is 0. The van der Waals surface area contributed by atoms with Crippen LogP contribution in [0.25, 0.3) is 0 Å². The molecule has 0 atom stereocenters. The van der Waals surface area contributed by atoms with Gasteiger partial charge in [0.15, 0.2) is 0 Å². The van der Waals surface area contributed by atoms with E-state index in [9.17, 15) is 0 Å². The van der Waals surface area contributed by atoms with Gasteiger partial charge in [0.05, 0.1) is 0 Å². The van der Waals surface area contributed by atoms with E-state index >= 15 is 0 Å². The first-order chi connectivity index (χ1) is 4.24. The summed E-state index contributed by atoms with van der Waals surface area (Å²) >= 11 is 0.903. The van der Waals surface area contributed by atoms with Crippen LogP contribution in [0.5, 0.6) is 0 Å². The van der Waals surface area contributed by atoms with E-state index in [1.54, 1.807) is 0 Å². The fourth-order valence-corrected chi connectivity index (χ4v) is 0. The Hall–Kier alpha value is 2.31. The van der Waals surface area contributed by atoms with Gasteiger partial charge in [0.1, 0.15) is 0 Å². The third-order valence-electron chi connectivity index (χ3n) is 0. The van der Waals surface area contributed by atoms with E-state index in [1.807, 2.05) is 0 Å². The van der Waals surface area contributed by atoms with Crippen molar-refractivity contribution < 1.29 is 16.5 Å². The second kappa shape index (κ2) is 31.7. The molecule has 66 valence electrons. The SMILES string of the molecule is C[SeH]C.C[SeH]C.[Cl][Pt][Cl]. The van der Waals surface area contributed by atoms with Gasteiger partial charge >= 0.3 is 88.5 Å². The molecule has 0 aliphatic carbocycles. The average molecular weight is 486 g/mol. The Balaban J connectivity index is -0.0000000600. The fourth-order valence-electron chi connectivity index (χ4n) is 0. The number of hydrogen-bond acceptors (Lipinski definition) is 0. The van der Waals surface area contributed by atoms with E-state index in [0.29, 0.717) is 29.9 Å². The van der Waals surface area contributed by atoms with Gasteiger partial charge in [-0.05, 0) is 0 Å². The molecule has 0 saturated heterocycles. The maximum atomic E-state index is 4.88. The Kier molecular flexibility index (Phi) is 61.3. The normalized spacial score (nSPS) is 6.44. The van der Waals surface area contributed by atoms with Crippen LogP contribution in [-0.4, -0.2) is 29.9 Å². The van der Waals surface area contributed by atoms with E-state index in [4.69, 9.17) is 18.8 Å². The summed E-state index contributed by atoms with van der Waals surface area (Å²) in [4.78, 5) is 0. The molecule has 0 heterocycles. The predicted molar refractivity (Wildman–Crippen MR) is 49.5 cm³/mol. The molecule has 0 aliphatic heterocycles. The van der Waals surface area contributed by atoms with Crippen molar-refractivity contribution in [2.45, 2.75) is 23.3 Å². The van der Waals surface area contributed by atoms with Crippen LogP contribution in [0.3, 0.4) is 0 Å². The molecule has 0 saturated carbocycles. The van der Waals surface area contributed by atoms with Gasteiger partial charge in [-0.3, -0.25) is 0 Å². The van der Waals surface area contributed by atoms with Crippen molar-refractivity contribution in [3.63, 3.8) is 0 Å². The molecule has 0 spiro atoms. The molecule has 0 rings (SSSR count). The van der Waals surface area contributed by atoms with Gasteiger partial charge in [-0.2, -0.15) is 0 Å². The zero-order chi connectivity index (χ0) is 8.12. The van der Waals surface area contributed by atoms with Crippen molar-refractivity contribution in [3.8, 4) is 0 Å². The van der Waals surface area contributed by atoms with E-state index in [-0.39, 0.29) is 0 Å². The summed E-state index contributed by atoms with van der Waals surface area (Å²) in [5.41, 5.74) is 0. The van der Waals surface area contributed by atoms with Crippen LogP contribution in [0.15, 0.2) is 0 Å². The van der Waals surface area contributed by atoms with Gasteiger partial charge in [-0.15, -0.1) is 0 Å². The molecule has 0 N–H and O–H groups in total. The summed E-state index contributed by atoms with van der Waals surface area (Å²) in [5, 5.41) is 0. The second-order valence-electron chi connectivity index (χ2n) is 0.940. The molecule has 0 amide bonds. The van der Waals surface area contributed by atoms with E-state index in [2.05, 4.69) is 23.3 Å². The molecule has 0 bridgehead atoms. The first-order valence-electron chi connectivity index (χ1n) is 2.03. The Morgan fingerprint density at radius 1 is 0.889 bits per heavy atom. The van der Waals surface area contributed by atoms with Crippen molar-refractivity contribution in [3.05, 3.63) is 0 Å². The molecule has 0 unspecified atom stereocenters. The topological polar surface area (TPSA) is 0 Å². The minimum atomic E-state index is -0.472. The van der Waals surface area contributed by atoms with Gasteiger partial charge in [-0.1, -0.05) is 0 Å². The monoisotopic (exact) mass is 487 g/mol. The van der Waals surface area contributed by atoms with Crippen molar-refractivity contribution in [2.75, 3.05) is 0 Å². The van der Waals surface area contributed by atoms with E-state index in [0.717, 1.165) is 0 Å². The molecule has 0 fully saturated rings. The van der Waals surface area contributed by atoms with Crippen LogP contribution < -0.4 is 0 Å². The number of hydrogen-bond donors (Lipinski definition) is 0. The molecule has 5 heteroatoms. The van der Waals surface area contributed by atoms with Gasteiger partial charge in [0.25, 0.3) is 0 Å². The Morgan fingerprint density at radius 2 is 0.889 bits per heavy atom. The first kappa shape index (κ1) is 17.4. The maximum absolute atomic E-state index is 4.88. The van der Waals surface area contributed by atoms with Crippen LogP contribution in [0.4, 0.5) is 0 Å². The Labute approximate surface area is 87.5 Å². The summed E-state index contributed by atoms with van der Waals surface area (Å²) in [5.74, 6) is 8.88. The van der Waals surface area contributed by atoms with E-state index in [1.165, 1.54) is 0 Å². The average Bonchev–Trinajstić information content (AvgIpc) is 1.70. The zero-order valence-electron chi connectivity index (χ0n) is 5.97. The zero-order valence-corrected chi connectivity index (χ0v) is 13.5. The van der Waals surface area contributed by atoms with Crippen LogP contribution >= 0.6 is 18.8 Å². The molecule has 9 heavy (non-hydrogen) atoms. The summed E-state index contributed by atoms with van der Waals surface area (Å²) in [6.45, 7) is 0. The minimum absolute atomic E-state index is 0.472. The van der Waals surface area contributed by atoms with Gasteiger partial charge in [0, 0.05) is 0 Å². The van der Waals surface area contributed by atoms with Crippen molar-refractivity contribution in [1.82, 2.24) is 0 Å². The summed E-state index contributed by atoms with van der Waals surface area (Å²) in [6.07, 6.45) is 0. The van der Waals surface area contributed by atoms with Gasteiger partial charge < -0.3 is 0 Å². The molecular weight excluding hydrogens is 472 g/mol. The standard InChI is InChI=1S/2C2H7Se.2ClH.Pt/c2*1-3-2;;;/h2*3H,1-2H3;2*1H;/q;;;;+2/p-2. The van der Waals surface area contributed by atoms with Crippen LogP contribution in [0.1, 0.15) is 0 Å². The fraction of sp³-hybridized carbons (Fsp3) is 1.00. The van der Waals surface area contributed by atoms with Crippen molar-refractivity contribution in [1.29, 1.82) is 0 Å². The first-order valence-corrected chi connectivity index (χ1v) is 15.2. The second-order valence-corrected chi connectivity index (χ2v) is 7.98. The molecule has 0 aliphatic rings. The van der Waals surface area contributed by atoms with Crippen molar-refractivity contribution in [2.24, 2.45) is 0 Å². The molecule has 0 nitrogen and oxygen atoms in total. The number of halogens is 2. The summed E-state index contributed by atoms with van der Waals surface area (Å²) in [6, 6.07) is 0. The quantitative estimate of drug-likeness (QED) is 0.462. The Morgan fingerprint density at radius 3 is 0.889 bits per heavy atom. The van der Waals surface area contributed by atoms with Gasteiger partial charge in [0.2, 0.25) is 0 Å². The van der Waals surface area contributed by atoms with Crippen molar-refractivity contribution >= 4 is 48.7 Å². The third-order valence-corrected chi connectivity index (χ3v) is 0. The van der Waals surface area contributed by atoms with Gasteiger partial charge in [-0.25, -0.2) is 0 Å². The summed E-state index contributed by atoms with van der Waals surface area (Å²) < 4.78 is 0. The Bertz CT molecular complexity index is 21.3. The molecule has 0 aromatic heterocycles. The molecule has 0 aromatic rings. The molecule has 0 aromatic carbocycles. The van der Waals surface area contributed by atoms with Crippen LogP contribution in [-0.2, 0) is 16.5 Å². The van der Waals surface area contributed by atoms with Crippen LogP contribution in [0.2, 0.25) is 23.3 Å². The third kappa shape index (κ3) is 134. The predicted octanol–water partition coefficient (Wildman–Crippen LogP) is 2.41. The van der Waals surface area contributed by atoms with Crippen LogP contribution in [0, 0.1) is 0 Å². The van der Waals surface area contributed by atoms with E-state index < -0.39 is 16.5 Å². The summed E-state index contributed by atoms with van der Waals surface area (Å²) in [7, 11) is 9.75. The molecular formula is C4H14Cl2PtSe2.